The Labute approximate surface area is 125 Å². The third kappa shape index (κ3) is 3.28. The molecule has 0 unspecified atom stereocenters. The normalized spacial score (nSPS) is 11.7. The number of nitrogens with zero attached hydrogens (tertiary/aromatic N) is 1. The van der Waals surface area contributed by atoms with Crippen molar-refractivity contribution in [2.24, 2.45) is 0 Å². The molecule has 0 aliphatic heterocycles. The molecule has 0 radical (unpaired) electrons. The van der Waals surface area contributed by atoms with Crippen LogP contribution in [0.25, 0.3) is 0 Å². The van der Waals surface area contributed by atoms with Gasteiger partial charge in [0, 0.05) is 4.90 Å². The van der Waals surface area contributed by atoms with Crippen molar-refractivity contribution < 1.29 is 13.2 Å². The van der Waals surface area contributed by atoms with Crippen LogP contribution in [0, 0.1) is 0 Å². The van der Waals surface area contributed by atoms with Crippen molar-refractivity contribution in [3.8, 4) is 0 Å². The van der Waals surface area contributed by atoms with Crippen LogP contribution in [0.2, 0.25) is 10.0 Å². The molecule has 0 bridgehead atoms. The van der Waals surface area contributed by atoms with E-state index in [4.69, 9.17) is 23.2 Å². The van der Waals surface area contributed by atoms with Gasteiger partial charge in [-0.25, -0.2) is 4.98 Å². The second kappa shape index (κ2) is 5.67. The van der Waals surface area contributed by atoms with Crippen LogP contribution in [0.15, 0.2) is 39.1 Å². The van der Waals surface area contributed by atoms with Crippen molar-refractivity contribution in [2.75, 3.05) is 0 Å². The molecule has 1 N–H and O–H groups in total. The summed E-state index contributed by atoms with van der Waals surface area (Å²) in [5.74, 6) is 0. The Morgan fingerprint density at radius 3 is 2.50 bits per heavy atom. The first-order chi connectivity index (χ1) is 9.29. The summed E-state index contributed by atoms with van der Waals surface area (Å²) in [5.41, 5.74) is -2.11. The molecular weight excluding hydrogens is 336 g/mol. The summed E-state index contributed by atoms with van der Waals surface area (Å²) in [7, 11) is 0. The summed E-state index contributed by atoms with van der Waals surface area (Å²) >= 11 is 12.1. The standard InChI is InChI=1S/C11H5Cl2F3N2OS/c12-6-2-1-5(3-7(6)13)20-8-9(11(14,15)16)17-4-18-10(8)19/h1-4H,(H,17,18,19). The fourth-order valence-electron chi connectivity index (χ4n) is 1.34. The molecule has 0 aliphatic carbocycles. The average Bonchev–Trinajstić information content (AvgIpc) is 2.35. The molecule has 9 heteroatoms. The van der Waals surface area contributed by atoms with E-state index in [2.05, 4.69) is 9.97 Å². The van der Waals surface area contributed by atoms with E-state index in [-0.39, 0.29) is 10.0 Å². The number of hydrogen-bond donors (Lipinski definition) is 1. The maximum Gasteiger partial charge on any atom is 0.434 e. The van der Waals surface area contributed by atoms with E-state index in [1.807, 2.05) is 0 Å². The zero-order valence-corrected chi connectivity index (χ0v) is 11.8. The van der Waals surface area contributed by atoms with Gasteiger partial charge in [0.1, 0.15) is 4.90 Å². The molecule has 20 heavy (non-hydrogen) atoms. The van der Waals surface area contributed by atoms with Gasteiger partial charge in [0.2, 0.25) is 0 Å². The summed E-state index contributed by atoms with van der Waals surface area (Å²) in [5, 5.41) is 0.456. The Kier molecular flexibility index (Phi) is 4.31. The SMILES string of the molecule is O=c1[nH]cnc(C(F)(F)F)c1Sc1ccc(Cl)c(Cl)c1. The maximum absolute atomic E-state index is 12.8. The van der Waals surface area contributed by atoms with E-state index >= 15 is 0 Å². The highest BCUT2D eigenvalue weighted by atomic mass is 35.5. The third-order valence-electron chi connectivity index (χ3n) is 2.19. The number of aromatic amines is 1. The maximum atomic E-state index is 12.8. The molecule has 0 spiro atoms. The van der Waals surface area contributed by atoms with E-state index < -0.39 is 22.3 Å². The van der Waals surface area contributed by atoms with Crippen molar-refractivity contribution in [3.05, 3.63) is 50.6 Å². The smallest absolute Gasteiger partial charge is 0.312 e. The highest BCUT2D eigenvalue weighted by molar-refractivity contribution is 7.99. The lowest BCUT2D eigenvalue weighted by Crippen LogP contribution is -2.19. The largest absolute Gasteiger partial charge is 0.434 e. The number of hydrogen-bond acceptors (Lipinski definition) is 3. The van der Waals surface area contributed by atoms with Crippen molar-refractivity contribution in [2.45, 2.75) is 16.0 Å². The molecule has 0 fully saturated rings. The molecule has 0 saturated heterocycles. The number of H-pyrrole nitrogens is 1. The molecule has 1 aromatic heterocycles. The minimum Gasteiger partial charge on any atom is -0.312 e. The predicted molar refractivity (Wildman–Crippen MR) is 70.4 cm³/mol. The lowest BCUT2D eigenvalue weighted by atomic mass is 10.4. The van der Waals surface area contributed by atoms with Gasteiger partial charge in [-0.15, -0.1) is 0 Å². The lowest BCUT2D eigenvalue weighted by Gasteiger charge is -2.10. The molecule has 2 rings (SSSR count). The zero-order chi connectivity index (χ0) is 14.9. The number of aromatic nitrogens is 2. The second-order valence-electron chi connectivity index (χ2n) is 3.59. The number of nitrogens with one attached hydrogen (secondary N) is 1. The number of rotatable bonds is 2. The molecule has 3 nitrogen and oxygen atoms in total. The van der Waals surface area contributed by atoms with Crippen LogP contribution < -0.4 is 5.56 Å². The van der Waals surface area contributed by atoms with E-state index in [0.717, 1.165) is 0 Å². The Bertz CT molecular complexity index is 703. The van der Waals surface area contributed by atoms with Gasteiger partial charge in [-0.3, -0.25) is 4.79 Å². The molecule has 1 heterocycles. The van der Waals surface area contributed by atoms with E-state index in [9.17, 15) is 18.0 Å². The summed E-state index contributed by atoms with van der Waals surface area (Å²) in [6.07, 6.45) is -4.00. The highest BCUT2D eigenvalue weighted by Crippen LogP contribution is 2.37. The molecule has 0 amide bonds. The quantitative estimate of drug-likeness (QED) is 0.888. The molecule has 0 saturated carbocycles. The molecular formula is C11H5Cl2F3N2OS. The Balaban J connectivity index is 2.48. The average molecular weight is 341 g/mol. The molecule has 0 aliphatic rings. The van der Waals surface area contributed by atoms with Crippen LogP contribution >= 0.6 is 35.0 Å². The topological polar surface area (TPSA) is 45.8 Å². The van der Waals surface area contributed by atoms with Crippen molar-refractivity contribution in [1.29, 1.82) is 0 Å². The Morgan fingerprint density at radius 1 is 1.20 bits per heavy atom. The van der Waals surface area contributed by atoms with E-state index in [1.165, 1.54) is 18.2 Å². The Morgan fingerprint density at radius 2 is 1.90 bits per heavy atom. The van der Waals surface area contributed by atoms with Crippen LogP contribution in [-0.2, 0) is 6.18 Å². The first kappa shape index (κ1) is 15.2. The summed E-state index contributed by atoms with van der Waals surface area (Å²) in [4.78, 5) is 16.7. The van der Waals surface area contributed by atoms with E-state index in [1.54, 1.807) is 0 Å². The highest BCUT2D eigenvalue weighted by Gasteiger charge is 2.37. The minimum atomic E-state index is -4.72. The van der Waals surface area contributed by atoms with Gasteiger partial charge >= 0.3 is 6.18 Å². The fraction of sp³-hybridized carbons (Fsp3) is 0.0909. The molecule has 106 valence electrons. The molecule has 2 aromatic rings. The summed E-state index contributed by atoms with van der Waals surface area (Å²) < 4.78 is 38.4. The minimum absolute atomic E-state index is 0.186. The zero-order valence-electron chi connectivity index (χ0n) is 9.46. The van der Waals surface area contributed by atoms with Gasteiger partial charge in [-0.05, 0) is 18.2 Å². The summed E-state index contributed by atoms with van der Waals surface area (Å²) in [6, 6.07) is 4.27. The Hall–Kier alpha value is -1.18. The second-order valence-corrected chi connectivity index (χ2v) is 5.48. The number of alkyl halides is 3. The first-order valence-corrected chi connectivity index (χ1v) is 6.64. The van der Waals surface area contributed by atoms with Gasteiger partial charge < -0.3 is 4.98 Å². The third-order valence-corrected chi connectivity index (χ3v) is 4.00. The predicted octanol–water partition coefficient (Wildman–Crippen LogP) is 4.25. The van der Waals surface area contributed by atoms with E-state index in [0.29, 0.717) is 23.0 Å². The van der Waals surface area contributed by atoms with Crippen molar-refractivity contribution in [3.63, 3.8) is 0 Å². The van der Waals surface area contributed by atoms with Gasteiger partial charge in [-0.2, -0.15) is 13.2 Å². The number of benzene rings is 1. The van der Waals surface area contributed by atoms with Gasteiger partial charge in [-0.1, -0.05) is 35.0 Å². The van der Waals surface area contributed by atoms with Crippen molar-refractivity contribution >= 4 is 35.0 Å². The van der Waals surface area contributed by atoms with Crippen LogP contribution in [-0.4, -0.2) is 9.97 Å². The van der Waals surface area contributed by atoms with Gasteiger partial charge in [0.15, 0.2) is 5.69 Å². The van der Waals surface area contributed by atoms with Crippen LogP contribution in [0.1, 0.15) is 5.69 Å². The van der Waals surface area contributed by atoms with Crippen LogP contribution in [0.5, 0.6) is 0 Å². The summed E-state index contributed by atoms with van der Waals surface area (Å²) in [6.45, 7) is 0. The number of halogens is 5. The first-order valence-electron chi connectivity index (χ1n) is 5.07. The monoisotopic (exact) mass is 340 g/mol. The molecule has 1 aromatic carbocycles. The van der Waals surface area contributed by atoms with Gasteiger partial charge in [0.25, 0.3) is 5.56 Å². The fourth-order valence-corrected chi connectivity index (χ4v) is 2.67. The molecule has 0 atom stereocenters. The van der Waals surface area contributed by atoms with Crippen LogP contribution in [0.4, 0.5) is 13.2 Å². The lowest BCUT2D eigenvalue weighted by molar-refractivity contribution is -0.143. The van der Waals surface area contributed by atoms with Crippen molar-refractivity contribution in [1.82, 2.24) is 9.97 Å². The van der Waals surface area contributed by atoms with Gasteiger partial charge in [0.05, 0.1) is 16.4 Å². The van der Waals surface area contributed by atoms with Crippen LogP contribution in [0.3, 0.4) is 0 Å².